The van der Waals surface area contributed by atoms with E-state index in [1.807, 2.05) is 19.1 Å². The second-order valence-corrected chi connectivity index (χ2v) is 9.96. The van der Waals surface area contributed by atoms with Crippen LogP contribution in [-0.2, 0) is 21.3 Å². The predicted molar refractivity (Wildman–Crippen MR) is 120 cm³/mol. The molecule has 1 unspecified atom stereocenters. The van der Waals surface area contributed by atoms with E-state index in [0.29, 0.717) is 31.9 Å². The number of sulfonamides is 1. The van der Waals surface area contributed by atoms with E-state index < -0.39 is 14.9 Å². The summed E-state index contributed by atoms with van der Waals surface area (Å²) >= 11 is 0. The van der Waals surface area contributed by atoms with Crippen molar-refractivity contribution in [3.8, 4) is 0 Å². The maximum atomic E-state index is 13.1. The van der Waals surface area contributed by atoms with Crippen LogP contribution in [0.5, 0.6) is 0 Å². The summed E-state index contributed by atoms with van der Waals surface area (Å²) in [6.07, 6.45) is 3.49. The van der Waals surface area contributed by atoms with Crippen LogP contribution in [0.2, 0.25) is 0 Å². The number of hydrogen-bond acceptors (Lipinski definition) is 8. The molecule has 0 saturated carbocycles. The van der Waals surface area contributed by atoms with Gasteiger partial charge in [0, 0.05) is 51.1 Å². The number of ether oxygens (including phenoxy) is 1. The van der Waals surface area contributed by atoms with Crippen molar-refractivity contribution < 1.29 is 18.1 Å². The van der Waals surface area contributed by atoms with Gasteiger partial charge in [0.05, 0.1) is 23.3 Å². The van der Waals surface area contributed by atoms with E-state index in [1.165, 1.54) is 16.4 Å². The highest BCUT2D eigenvalue weighted by atomic mass is 32.2. The minimum Gasteiger partial charge on any atom is -0.380 e. The van der Waals surface area contributed by atoms with Crippen molar-refractivity contribution in [1.82, 2.24) is 9.29 Å². The molecule has 2 fully saturated rings. The Balaban J connectivity index is 1.52. The molecular weight excluding hydrogens is 434 g/mol. The molecule has 2 aliphatic rings. The van der Waals surface area contributed by atoms with Gasteiger partial charge in [-0.1, -0.05) is 6.07 Å². The van der Waals surface area contributed by atoms with Crippen molar-refractivity contribution in [3.63, 3.8) is 0 Å². The number of pyridine rings is 1. The summed E-state index contributed by atoms with van der Waals surface area (Å²) in [6.45, 7) is 5.46. The highest BCUT2D eigenvalue weighted by Gasteiger charge is 2.31. The number of hydrogen-bond donors (Lipinski definition) is 1. The Kier molecular flexibility index (Phi) is 6.58. The van der Waals surface area contributed by atoms with Crippen LogP contribution in [0.25, 0.3) is 0 Å². The van der Waals surface area contributed by atoms with Gasteiger partial charge >= 0.3 is 0 Å². The smallest absolute Gasteiger partial charge is 0.270 e. The lowest BCUT2D eigenvalue weighted by atomic mass is 10.2. The zero-order valence-electron chi connectivity index (χ0n) is 17.9. The quantitative estimate of drug-likeness (QED) is 0.494. The first kappa shape index (κ1) is 22.4. The maximum absolute atomic E-state index is 13.1. The van der Waals surface area contributed by atoms with Gasteiger partial charge in [0.15, 0.2) is 0 Å². The van der Waals surface area contributed by atoms with Gasteiger partial charge in [-0.25, -0.2) is 13.4 Å². The highest BCUT2D eigenvalue weighted by Crippen LogP contribution is 2.31. The van der Waals surface area contributed by atoms with Crippen LogP contribution in [0.1, 0.15) is 25.3 Å². The molecule has 0 amide bonds. The van der Waals surface area contributed by atoms with Crippen molar-refractivity contribution in [2.45, 2.75) is 37.3 Å². The molecule has 11 heteroatoms. The Morgan fingerprint density at radius 3 is 2.66 bits per heavy atom. The summed E-state index contributed by atoms with van der Waals surface area (Å²) in [5, 5.41) is 14.4. The Bertz CT molecular complexity index is 1070. The van der Waals surface area contributed by atoms with Crippen LogP contribution in [0.15, 0.2) is 41.4 Å². The van der Waals surface area contributed by atoms with Crippen LogP contribution in [0, 0.1) is 10.1 Å². The number of anilines is 2. The molecule has 4 rings (SSSR count). The van der Waals surface area contributed by atoms with Gasteiger partial charge in [-0.05, 0) is 37.5 Å². The topological polar surface area (TPSA) is 118 Å². The number of rotatable bonds is 7. The Morgan fingerprint density at radius 2 is 2.00 bits per heavy atom. The van der Waals surface area contributed by atoms with E-state index in [1.54, 1.807) is 6.20 Å². The third-order valence-electron chi connectivity index (χ3n) is 5.72. The van der Waals surface area contributed by atoms with Crippen LogP contribution >= 0.6 is 0 Å². The average Bonchev–Trinajstić information content (AvgIpc) is 3.34. The largest absolute Gasteiger partial charge is 0.380 e. The Labute approximate surface area is 187 Å². The molecule has 2 aliphatic heterocycles. The Hall–Kier alpha value is -2.76. The fourth-order valence-corrected chi connectivity index (χ4v) is 5.69. The number of nitrogens with one attached hydrogen (secondary N) is 1. The molecule has 2 aromatic rings. The molecule has 0 spiro atoms. The molecule has 10 nitrogen and oxygen atoms in total. The summed E-state index contributed by atoms with van der Waals surface area (Å²) in [7, 11) is -3.82. The van der Waals surface area contributed by atoms with E-state index in [9.17, 15) is 18.5 Å². The maximum Gasteiger partial charge on any atom is 0.270 e. The van der Waals surface area contributed by atoms with Crippen LogP contribution in [0.3, 0.4) is 0 Å². The lowest BCUT2D eigenvalue weighted by Crippen LogP contribution is -2.41. The number of benzene rings is 1. The van der Waals surface area contributed by atoms with Gasteiger partial charge in [0.1, 0.15) is 10.7 Å². The van der Waals surface area contributed by atoms with Gasteiger partial charge in [-0.15, -0.1) is 0 Å². The molecule has 0 aliphatic carbocycles. The number of nitro groups is 1. The second kappa shape index (κ2) is 9.39. The first-order valence-corrected chi connectivity index (χ1v) is 12.1. The monoisotopic (exact) mass is 461 g/mol. The first-order chi connectivity index (χ1) is 15.3. The van der Waals surface area contributed by atoms with Crippen LogP contribution in [-0.4, -0.2) is 61.5 Å². The molecular formula is C21H27N5O5S. The molecule has 2 saturated heterocycles. The SMILES string of the molecule is CC1CN(c2ccc(CNc3ccc([N+](=O)[O-])cc3S(=O)(=O)N3CCCC3)cn2)CCO1. The summed E-state index contributed by atoms with van der Waals surface area (Å²) < 4.78 is 33.2. The van der Waals surface area contributed by atoms with E-state index in [2.05, 4.69) is 15.2 Å². The minimum absolute atomic E-state index is 0.0690. The van der Waals surface area contributed by atoms with Gasteiger partial charge in [0.2, 0.25) is 10.0 Å². The second-order valence-electron chi connectivity index (χ2n) is 8.05. The highest BCUT2D eigenvalue weighted by molar-refractivity contribution is 7.89. The molecule has 1 aromatic carbocycles. The number of non-ortho nitro benzene ring substituents is 1. The lowest BCUT2D eigenvalue weighted by molar-refractivity contribution is -0.385. The predicted octanol–water partition coefficient (Wildman–Crippen LogP) is 2.61. The molecule has 1 atom stereocenters. The number of morpholine rings is 1. The first-order valence-electron chi connectivity index (χ1n) is 10.7. The third-order valence-corrected chi connectivity index (χ3v) is 7.65. The summed E-state index contributed by atoms with van der Waals surface area (Å²) in [4.78, 5) is 17.3. The molecule has 32 heavy (non-hydrogen) atoms. The van der Waals surface area contributed by atoms with Crippen molar-refractivity contribution in [1.29, 1.82) is 0 Å². The van der Waals surface area contributed by atoms with Gasteiger partial charge in [0.25, 0.3) is 5.69 Å². The van der Waals surface area contributed by atoms with Crippen molar-refractivity contribution >= 4 is 27.2 Å². The number of nitro benzene ring substituents is 1. The van der Waals surface area contributed by atoms with Crippen molar-refractivity contribution in [2.75, 3.05) is 43.0 Å². The molecule has 0 bridgehead atoms. The molecule has 0 radical (unpaired) electrons. The van der Waals surface area contributed by atoms with E-state index >= 15 is 0 Å². The summed E-state index contributed by atoms with van der Waals surface area (Å²) in [6, 6.07) is 7.78. The molecule has 3 heterocycles. The zero-order chi connectivity index (χ0) is 22.7. The minimum atomic E-state index is -3.82. The molecule has 1 aromatic heterocycles. The van der Waals surface area contributed by atoms with Gasteiger partial charge < -0.3 is 15.0 Å². The standard InChI is InChI=1S/C21H27N5O5S/c1-16-15-24(10-11-31-16)21-7-4-17(14-23-21)13-22-19-6-5-18(26(27)28)12-20(19)32(29,30)25-8-2-3-9-25/h4-7,12,14,16,22H,2-3,8-11,13,15H2,1H3. The van der Waals surface area contributed by atoms with Crippen molar-refractivity contribution in [2.24, 2.45) is 0 Å². The van der Waals surface area contributed by atoms with E-state index in [0.717, 1.165) is 43.4 Å². The number of nitrogens with zero attached hydrogens (tertiary/aromatic N) is 4. The van der Waals surface area contributed by atoms with Gasteiger partial charge in [-0.3, -0.25) is 10.1 Å². The zero-order valence-corrected chi connectivity index (χ0v) is 18.8. The normalized spacial score (nSPS) is 19.8. The molecule has 172 valence electrons. The fraction of sp³-hybridized carbons (Fsp3) is 0.476. The fourth-order valence-electron chi connectivity index (χ4n) is 3.98. The lowest BCUT2D eigenvalue weighted by Gasteiger charge is -2.32. The summed E-state index contributed by atoms with van der Waals surface area (Å²) in [5.74, 6) is 0.872. The number of aromatic nitrogens is 1. The van der Waals surface area contributed by atoms with Crippen molar-refractivity contribution in [3.05, 3.63) is 52.2 Å². The third kappa shape index (κ3) is 4.84. The van der Waals surface area contributed by atoms with Gasteiger partial charge in [-0.2, -0.15) is 4.31 Å². The average molecular weight is 462 g/mol. The summed E-state index contributed by atoms with van der Waals surface area (Å²) in [5.41, 5.74) is 0.964. The Morgan fingerprint density at radius 1 is 1.22 bits per heavy atom. The van der Waals surface area contributed by atoms with E-state index in [4.69, 9.17) is 4.74 Å². The molecule has 1 N–H and O–H groups in total. The van der Waals surface area contributed by atoms with Crippen LogP contribution in [0.4, 0.5) is 17.2 Å². The van der Waals surface area contributed by atoms with E-state index in [-0.39, 0.29) is 16.7 Å². The van der Waals surface area contributed by atoms with Crippen LogP contribution < -0.4 is 10.2 Å².